The SMILES string of the molecule is COc1cc(-c2cn(C3CCc4cc(OC(F)(F)F)ccc4NC3=O)nn2)ccc1-n1cnc(C)c1. The fourth-order valence-electron chi connectivity index (χ4n) is 4.15. The molecule has 2 aromatic carbocycles. The van der Waals surface area contributed by atoms with Gasteiger partial charge in [0.1, 0.15) is 23.2 Å². The van der Waals surface area contributed by atoms with Gasteiger partial charge in [-0.1, -0.05) is 11.3 Å². The van der Waals surface area contributed by atoms with Crippen molar-refractivity contribution >= 4 is 11.6 Å². The average molecular weight is 498 g/mol. The van der Waals surface area contributed by atoms with Crippen molar-refractivity contribution < 1.29 is 27.4 Å². The summed E-state index contributed by atoms with van der Waals surface area (Å²) in [5.41, 5.74) is 3.94. The fraction of sp³-hybridized carbons (Fsp3) is 0.250. The van der Waals surface area contributed by atoms with Crippen molar-refractivity contribution in [2.24, 2.45) is 0 Å². The van der Waals surface area contributed by atoms with Crippen LogP contribution in [0.15, 0.2) is 55.1 Å². The number of aromatic nitrogens is 5. The third kappa shape index (κ3) is 4.74. The highest BCUT2D eigenvalue weighted by Gasteiger charge is 2.32. The zero-order chi connectivity index (χ0) is 25.4. The van der Waals surface area contributed by atoms with Gasteiger partial charge in [0.2, 0.25) is 5.91 Å². The van der Waals surface area contributed by atoms with Gasteiger partial charge in [0.15, 0.2) is 0 Å². The maximum Gasteiger partial charge on any atom is 0.573 e. The molecule has 1 atom stereocenters. The Hall–Kier alpha value is -4.35. The predicted octanol–water partition coefficient (Wildman–Crippen LogP) is 4.47. The van der Waals surface area contributed by atoms with Crippen LogP contribution in [-0.4, -0.2) is 43.9 Å². The minimum atomic E-state index is -4.79. The lowest BCUT2D eigenvalue weighted by molar-refractivity contribution is -0.274. The summed E-state index contributed by atoms with van der Waals surface area (Å²) in [6.07, 6.45) is 1.11. The van der Waals surface area contributed by atoms with Crippen LogP contribution >= 0.6 is 0 Å². The quantitative estimate of drug-likeness (QED) is 0.436. The van der Waals surface area contributed by atoms with E-state index >= 15 is 0 Å². The number of carbonyl (C=O) groups is 1. The van der Waals surface area contributed by atoms with Gasteiger partial charge in [-0.15, -0.1) is 18.3 Å². The molecule has 0 aliphatic carbocycles. The Bertz CT molecular complexity index is 1430. The molecule has 0 bridgehead atoms. The molecule has 1 unspecified atom stereocenters. The zero-order valence-corrected chi connectivity index (χ0v) is 19.3. The standard InChI is InChI=1S/C24H21F3N6O3/c1-14-11-32(13-28-14)20-7-3-16(10-22(20)35-2)19-12-33(31-30-19)21-8-4-15-9-17(36-24(25,26)27)5-6-18(15)29-23(21)34/h3,5-7,9-13,21H,4,8H2,1-2H3,(H,29,34). The number of nitrogens with zero attached hydrogens (tertiary/aromatic N) is 5. The van der Waals surface area contributed by atoms with E-state index in [4.69, 9.17) is 4.74 Å². The highest BCUT2D eigenvalue weighted by molar-refractivity contribution is 5.95. The minimum Gasteiger partial charge on any atom is -0.495 e. The summed E-state index contributed by atoms with van der Waals surface area (Å²) in [5, 5.41) is 11.1. The van der Waals surface area contributed by atoms with E-state index in [0.717, 1.165) is 16.9 Å². The van der Waals surface area contributed by atoms with Crippen molar-refractivity contribution in [2.45, 2.75) is 32.2 Å². The molecule has 0 radical (unpaired) electrons. The van der Waals surface area contributed by atoms with Crippen LogP contribution in [-0.2, 0) is 11.2 Å². The van der Waals surface area contributed by atoms with Gasteiger partial charge in [-0.3, -0.25) is 4.79 Å². The molecule has 4 aromatic rings. The smallest absolute Gasteiger partial charge is 0.495 e. The van der Waals surface area contributed by atoms with Crippen LogP contribution in [0.2, 0.25) is 0 Å². The number of benzene rings is 2. The first kappa shape index (κ1) is 23.4. The molecule has 9 nitrogen and oxygen atoms in total. The van der Waals surface area contributed by atoms with Gasteiger partial charge in [0.25, 0.3) is 0 Å². The van der Waals surface area contributed by atoms with Gasteiger partial charge in [-0.2, -0.15) is 0 Å². The van der Waals surface area contributed by atoms with Gasteiger partial charge < -0.3 is 19.4 Å². The topological polar surface area (TPSA) is 96.1 Å². The Morgan fingerprint density at radius 1 is 1.14 bits per heavy atom. The Morgan fingerprint density at radius 3 is 2.69 bits per heavy atom. The summed E-state index contributed by atoms with van der Waals surface area (Å²) in [7, 11) is 1.57. The van der Waals surface area contributed by atoms with E-state index in [9.17, 15) is 18.0 Å². The number of ether oxygens (including phenoxy) is 2. The number of imidazole rings is 1. The van der Waals surface area contributed by atoms with E-state index < -0.39 is 12.4 Å². The lowest BCUT2D eigenvalue weighted by Crippen LogP contribution is -2.25. The van der Waals surface area contributed by atoms with Gasteiger partial charge >= 0.3 is 6.36 Å². The third-order valence-electron chi connectivity index (χ3n) is 5.85. The average Bonchev–Trinajstić information content (AvgIpc) is 3.45. The van der Waals surface area contributed by atoms with Crippen molar-refractivity contribution in [2.75, 3.05) is 12.4 Å². The first-order valence-corrected chi connectivity index (χ1v) is 11.0. The normalized spacial score (nSPS) is 15.7. The maximum atomic E-state index is 12.9. The molecule has 0 saturated carbocycles. The summed E-state index contributed by atoms with van der Waals surface area (Å²) in [6.45, 7) is 1.90. The molecule has 1 amide bonds. The molecular formula is C24H21F3N6O3. The number of anilines is 1. The number of methoxy groups -OCH3 is 1. The van der Waals surface area contributed by atoms with Crippen molar-refractivity contribution in [3.8, 4) is 28.4 Å². The number of rotatable bonds is 5. The highest BCUT2D eigenvalue weighted by atomic mass is 19.4. The van der Waals surface area contributed by atoms with Crippen LogP contribution in [0.3, 0.4) is 0 Å². The molecule has 1 N–H and O–H groups in total. The van der Waals surface area contributed by atoms with Crippen LogP contribution in [0.4, 0.5) is 18.9 Å². The number of alkyl halides is 3. The molecule has 0 fully saturated rings. The maximum absolute atomic E-state index is 12.9. The second-order valence-corrected chi connectivity index (χ2v) is 8.30. The lowest BCUT2D eigenvalue weighted by atomic mass is 10.1. The van der Waals surface area contributed by atoms with Crippen molar-refractivity contribution in [3.63, 3.8) is 0 Å². The Balaban J connectivity index is 1.37. The molecule has 2 aromatic heterocycles. The predicted molar refractivity (Wildman–Crippen MR) is 123 cm³/mol. The summed E-state index contributed by atoms with van der Waals surface area (Å²) < 4.78 is 50.6. The lowest BCUT2D eigenvalue weighted by Gasteiger charge is -2.13. The first-order valence-electron chi connectivity index (χ1n) is 11.0. The number of halogens is 3. The second kappa shape index (κ2) is 9.02. The zero-order valence-electron chi connectivity index (χ0n) is 19.3. The summed E-state index contributed by atoms with van der Waals surface area (Å²) >= 11 is 0. The number of nitrogens with one attached hydrogen (secondary N) is 1. The molecule has 1 aliphatic rings. The second-order valence-electron chi connectivity index (χ2n) is 8.30. The molecule has 5 rings (SSSR count). The molecule has 0 saturated heterocycles. The largest absolute Gasteiger partial charge is 0.573 e. The molecule has 12 heteroatoms. The molecule has 186 valence electrons. The first-order chi connectivity index (χ1) is 17.2. The number of carbonyl (C=O) groups excluding carboxylic acids is 1. The van der Waals surface area contributed by atoms with Crippen LogP contribution < -0.4 is 14.8 Å². The third-order valence-corrected chi connectivity index (χ3v) is 5.85. The van der Waals surface area contributed by atoms with Gasteiger partial charge in [-0.25, -0.2) is 9.67 Å². The molecular weight excluding hydrogens is 477 g/mol. The van der Waals surface area contributed by atoms with Crippen LogP contribution in [0.5, 0.6) is 11.5 Å². The summed E-state index contributed by atoms with van der Waals surface area (Å²) in [4.78, 5) is 17.1. The van der Waals surface area contributed by atoms with E-state index in [1.807, 2.05) is 35.9 Å². The molecule has 36 heavy (non-hydrogen) atoms. The molecule has 1 aliphatic heterocycles. The van der Waals surface area contributed by atoms with Crippen LogP contribution in [0.1, 0.15) is 23.7 Å². The Kier molecular flexibility index (Phi) is 5.86. The Morgan fingerprint density at radius 2 is 1.97 bits per heavy atom. The number of hydrogen-bond donors (Lipinski definition) is 1. The van der Waals surface area contributed by atoms with E-state index in [-0.39, 0.29) is 11.7 Å². The Labute approximate surface area is 203 Å². The highest BCUT2D eigenvalue weighted by Crippen LogP contribution is 2.33. The van der Waals surface area contributed by atoms with Crippen LogP contribution in [0, 0.1) is 6.92 Å². The number of hydrogen-bond acceptors (Lipinski definition) is 6. The van der Waals surface area contributed by atoms with Crippen molar-refractivity contribution in [1.29, 1.82) is 0 Å². The summed E-state index contributed by atoms with van der Waals surface area (Å²) in [5.74, 6) is -0.0580. The van der Waals surface area contributed by atoms with Gasteiger partial charge in [0, 0.05) is 17.4 Å². The number of fused-ring (bicyclic) bond motifs is 1. The van der Waals surface area contributed by atoms with Crippen molar-refractivity contribution in [1.82, 2.24) is 24.5 Å². The van der Waals surface area contributed by atoms with Gasteiger partial charge in [0.05, 0.1) is 31.0 Å². The van der Waals surface area contributed by atoms with E-state index in [1.54, 1.807) is 19.6 Å². The van der Waals surface area contributed by atoms with E-state index in [1.165, 1.54) is 22.9 Å². The minimum absolute atomic E-state index is 0.319. The fourth-order valence-corrected chi connectivity index (χ4v) is 4.15. The number of amides is 1. The van der Waals surface area contributed by atoms with Gasteiger partial charge in [-0.05, 0) is 55.7 Å². The molecule has 3 heterocycles. The van der Waals surface area contributed by atoms with E-state index in [2.05, 4.69) is 25.3 Å². The monoisotopic (exact) mass is 498 g/mol. The van der Waals surface area contributed by atoms with E-state index in [0.29, 0.717) is 35.5 Å². The number of aryl methyl sites for hydroxylation is 2. The van der Waals surface area contributed by atoms with Crippen molar-refractivity contribution in [3.05, 3.63) is 66.4 Å². The summed E-state index contributed by atoms with van der Waals surface area (Å²) in [6, 6.07) is 8.73. The van der Waals surface area contributed by atoms with Crippen LogP contribution in [0.25, 0.3) is 16.9 Å². The molecule has 0 spiro atoms.